The zero-order valence-electron chi connectivity index (χ0n) is 20.2. The van der Waals surface area contributed by atoms with E-state index in [0.29, 0.717) is 0 Å². The van der Waals surface area contributed by atoms with E-state index in [1.54, 1.807) is 0 Å². The molecule has 37 heavy (non-hydrogen) atoms. The minimum absolute atomic E-state index is 1.01. The van der Waals surface area contributed by atoms with Crippen LogP contribution in [0.4, 0.5) is 0 Å². The van der Waals surface area contributed by atoms with Crippen LogP contribution in [0, 0.1) is 0 Å². The van der Waals surface area contributed by atoms with Gasteiger partial charge in [0.2, 0.25) is 0 Å². The van der Waals surface area contributed by atoms with Crippen molar-refractivity contribution < 1.29 is 0 Å². The van der Waals surface area contributed by atoms with Gasteiger partial charge >= 0.3 is 0 Å². The van der Waals surface area contributed by atoms with Crippen molar-refractivity contribution in [3.63, 3.8) is 0 Å². The van der Waals surface area contributed by atoms with Crippen molar-refractivity contribution in [2.24, 2.45) is 0 Å². The molecule has 0 aliphatic heterocycles. The maximum absolute atomic E-state index is 4.62. The molecule has 0 bridgehead atoms. The fourth-order valence-electron chi connectivity index (χ4n) is 6.23. The lowest BCUT2D eigenvalue weighted by molar-refractivity contribution is 1.23. The number of aromatic nitrogens is 1. The Kier molecular flexibility index (Phi) is 4.65. The summed E-state index contributed by atoms with van der Waals surface area (Å²) in [6, 6.07) is 31.1. The van der Waals surface area contributed by atoms with Crippen molar-refractivity contribution in [3.8, 4) is 11.1 Å². The highest BCUT2D eigenvalue weighted by molar-refractivity contribution is 7.99. The molecule has 0 radical (unpaired) electrons. The Morgan fingerprint density at radius 2 is 1.49 bits per heavy atom. The summed E-state index contributed by atoms with van der Waals surface area (Å²) in [5, 5.41) is 7.80. The summed E-state index contributed by atoms with van der Waals surface area (Å²) >= 11 is 1.84. The number of benzene rings is 5. The summed E-state index contributed by atoms with van der Waals surface area (Å²) in [6.07, 6.45) is 13.0. The molecule has 0 saturated carbocycles. The first-order valence-electron chi connectivity index (χ1n) is 12.8. The van der Waals surface area contributed by atoms with E-state index in [1.165, 1.54) is 75.5 Å². The highest BCUT2D eigenvalue weighted by atomic mass is 32.2. The molecule has 0 N–H and O–H groups in total. The zero-order chi connectivity index (χ0) is 24.3. The van der Waals surface area contributed by atoms with Crippen molar-refractivity contribution in [1.29, 1.82) is 0 Å². The van der Waals surface area contributed by atoms with Gasteiger partial charge in [0, 0.05) is 27.6 Å². The van der Waals surface area contributed by atoms with Crippen molar-refractivity contribution in [2.75, 3.05) is 0 Å². The van der Waals surface area contributed by atoms with E-state index in [2.05, 4.69) is 114 Å². The van der Waals surface area contributed by atoms with E-state index in [4.69, 9.17) is 0 Å². The third kappa shape index (κ3) is 3.16. The van der Waals surface area contributed by atoms with Gasteiger partial charge in [-0.3, -0.25) is 4.98 Å². The molecule has 0 amide bonds. The predicted molar refractivity (Wildman–Crippen MR) is 158 cm³/mol. The van der Waals surface area contributed by atoms with Crippen LogP contribution in [0.5, 0.6) is 0 Å². The maximum Gasteiger partial charge on any atom is 0.0353 e. The Labute approximate surface area is 220 Å². The number of rotatable bonds is 3. The van der Waals surface area contributed by atoms with Gasteiger partial charge < -0.3 is 0 Å². The summed E-state index contributed by atoms with van der Waals surface area (Å²) < 4.78 is 0. The number of nitrogens with zero attached hydrogens (tertiary/aromatic N) is 1. The molecular formula is C35H23NS. The number of fused-ring (bicyclic) bond motifs is 2. The van der Waals surface area contributed by atoms with Gasteiger partial charge in [-0.1, -0.05) is 96.7 Å². The monoisotopic (exact) mass is 489 g/mol. The molecule has 0 atom stereocenters. The van der Waals surface area contributed by atoms with Gasteiger partial charge in [-0.25, -0.2) is 0 Å². The molecule has 0 spiro atoms. The Hall–Kier alpha value is -4.14. The van der Waals surface area contributed by atoms with Gasteiger partial charge in [0.25, 0.3) is 0 Å². The lowest BCUT2D eigenvalue weighted by Gasteiger charge is -2.25. The van der Waals surface area contributed by atoms with Gasteiger partial charge in [-0.15, -0.1) is 0 Å². The van der Waals surface area contributed by atoms with Crippen LogP contribution >= 0.6 is 11.8 Å². The third-order valence-corrected chi connectivity index (χ3v) is 8.99. The quantitative estimate of drug-likeness (QED) is 0.229. The summed E-state index contributed by atoms with van der Waals surface area (Å²) in [5.74, 6) is 0. The zero-order valence-corrected chi connectivity index (χ0v) is 21.1. The molecule has 2 aliphatic rings. The van der Waals surface area contributed by atoms with E-state index in [-0.39, 0.29) is 0 Å². The molecule has 6 aromatic rings. The maximum atomic E-state index is 4.62. The minimum Gasteiger partial charge on any atom is -0.264 e. The van der Waals surface area contributed by atoms with E-state index in [0.717, 1.165) is 12.8 Å². The third-order valence-electron chi connectivity index (χ3n) is 7.83. The summed E-state index contributed by atoms with van der Waals surface area (Å²) in [4.78, 5) is 7.15. The van der Waals surface area contributed by atoms with Gasteiger partial charge in [0.05, 0.1) is 0 Å². The molecule has 0 unspecified atom stereocenters. The Morgan fingerprint density at radius 3 is 2.41 bits per heavy atom. The van der Waals surface area contributed by atoms with Crippen LogP contribution in [0.15, 0.2) is 119 Å². The minimum atomic E-state index is 1.01. The van der Waals surface area contributed by atoms with Crippen molar-refractivity contribution in [2.45, 2.75) is 22.6 Å². The van der Waals surface area contributed by atoms with Crippen molar-refractivity contribution in [3.05, 3.63) is 126 Å². The molecule has 1 nitrogen and oxygen atoms in total. The number of hydrogen-bond donors (Lipinski definition) is 0. The van der Waals surface area contributed by atoms with Gasteiger partial charge in [0.1, 0.15) is 0 Å². The van der Waals surface area contributed by atoms with E-state index in [1.807, 2.05) is 18.0 Å². The first kappa shape index (κ1) is 21.0. The standard InChI is InChI=1S/C35H23NS/c1-2-9-25(10-3-1)37-35-29-12-5-4-11-26(29)34(31-21-36-20-19-30(31)35)28-18-16-24-14-13-22-7-6-8-23-15-17-27(28)33(24)32(22)23/h1-6,8-13,15-21H,7,14H2. The van der Waals surface area contributed by atoms with Gasteiger partial charge in [-0.2, -0.15) is 0 Å². The summed E-state index contributed by atoms with van der Waals surface area (Å²) in [5.41, 5.74) is 8.25. The average Bonchev–Trinajstić information content (AvgIpc) is 2.97. The lowest BCUT2D eigenvalue weighted by atomic mass is 9.79. The molecule has 2 heteroatoms. The van der Waals surface area contributed by atoms with Crippen LogP contribution in [-0.4, -0.2) is 4.98 Å². The second kappa shape index (κ2) is 8.19. The van der Waals surface area contributed by atoms with Gasteiger partial charge in [-0.05, 0) is 91.4 Å². The molecule has 5 aromatic carbocycles. The number of pyridine rings is 1. The first-order chi connectivity index (χ1) is 18.4. The molecule has 0 fully saturated rings. The second-order valence-electron chi connectivity index (χ2n) is 9.85. The van der Waals surface area contributed by atoms with Crippen LogP contribution < -0.4 is 0 Å². The second-order valence-corrected chi connectivity index (χ2v) is 10.9. The smallest absolute Gasteiger partial charge is 0.0353 e. The van der Waals surface area contributed by atoms with Crippen molar-refractivity contribution >= 4 is 55.7 Å². The molecule has 0 saturated heterocycles. The predicted octanol–water partition coefficient (Wildman–Crippen LogP) is 9.72. The van der Waals surface area contributed by atoms with E-state index in [9.17, 15) is 0 Å². The Balaban J connectivity index is 1.49. The number of hydrogen-bond acceptors (Lipinski definition) is 2. The molecule has 1 aromatic heterocycles. The van der Waals surface area contributed by atoms with Crippen LogP contribution in [0.3, 0.4) is 0 Å². The Bertz CT molecular complexity index is 1890. The summed E-state index contributed by atoms with van der Waals surface area (Å²) in [6.45, 7) is 0. The Morgan fingerprint density at radius 1 is 0.649 bits per heavy atom. The fraction of sp³-hybridized carbons (Fsp3) is 0.0571. The average molecular weight is 490 g/mol. The molecule has 174 valence electrons. The van der Waals surface area contributed by atoms with Crippen LogP contribution in [0.1, 0.15) is 23.1 Å². The molecule has 8 rings (SSSR count). The topological polar surface area (TPSA) is 12.9 Å². The van der Waals surface area contributed by atoms with Crippen LogP contribution in [-0.2, 0) is 6.42 Å². The van der Waals surface area contributed by atoms with Crippen LogP contribution in [0.25, 0.3) is 55.1 Å². The fourth-order valence-corrected chi connectivity index (χ4v) is 7.33. The molecule has 2 aliphatic carbocycles. The number of allylic oxidation sites excluding steroid dienone is 3. The largest absolute Gasteiger partial charge is 0.264 e. The highest BCUT2D eigenvalue weighted by Gasteiger charge is 2.23. The first-order valence-corrected chi connectivity index (χ1v) is 13.6. The van der Waals surface area contributed by atoms with Gasteiger partial charge in [0.15, 0.2) is 0 Å². The molecule has 1 heterocycles. The van der Waals surface area contributed by atoms with Crippen molar-refractivity contribution in [1.82, 2.24) is 4.98 Å². The summed E-state index contributed by atoms with van der Waals surface area (Å²) in [7, 11) is 0. The van der Waals surface area contributed by atoms with Crippen LogP contribution in [0.2, 0.25) is 0 Å². The SMILES string of the molecule is C1=Cc2ccc3c(-c4c5ccccc5c(Sc5ccccc5)c5ccncc45)ccc4c3c2C(=CC4)C1. The van der Waals surface area contributed by atoms with E-state index < -0.39 is 0 Å². The highest BCUT2D eigenvalue weighted by Crippen LogP contribution is 2.48. The molecular weight excluding hydrogens is 466 g/mol. The normalized spacial score (nSPS) is 13.9. The van der Waals surface area contributed by atoms with E-state index >= 15 is 0 Å². The lowest BCUT2D eigenvalue weighted by Crippen LogP contribution is -2.03.